The van der Waals surface area contributed by atoms with Gasteiger partial charge < -0.3 is 29.2 Å². The maximum absolute atomic E-state index is 13.3. The quantitative estimate of drug-likeness (QED) is 0.0324. The molecule has 76 heavy (non-hydrogen) atoms. The highest BCUT2D eigenvalue weighted by molar-refractivity contribution is 5.72. The van der Waals surface area contributed by atoms with Gasteiger partial charge in [-0.3, -0.25) is 14.5 Å². The summed E-state index contributed by atoms with van der Waals surface area (Å²) in [5, 5.41) is 23.0. The van der Waals surface area contributed by atoms with Gasteiger partial charge in [0.1, 0.15) is 11.4 Å². The SMILES string of the molecule is CCCCCCCCC(CCCCCC)C(=O)OCCCCC(O)CN(CCCOC(c1ccccc1)(c1ccccc1)c1ccc(OC)cc1)CC(O)CCCCOC(=O)C(CCCCCC)CCCCCCCC. The normalized spacial score (nSPS) is 13.4. The lowest BCUT2D eigenvalue weighted by Gasteiger charge is -2.36. The average molecular weight is 1060 g/mol. The van der Waals surface area contributed by atoms with Gasteiger partial charge in [-0.05, 0) is 99.5 Å². The van der Waals surface area contributed by atoms with E-state index in [1.54, 1.807) is 7.11 Å². The fourth-order valence-corrected chi connectivity index (χ4v) is 10.8. The number of carbonyl (C=O) groups excluding carboxylic acids is 2. The lowest BCUT2D eigenvalue weighted by Crippen LogP contribution is -2.39. The number of rotatable bonds is 49. The zero-order chi connectivity index (χ0) is 54.7. The average Bonchev–Trinajstić information content (AvgIpc) is 3.44. The molecule has 2 N–H and O–H groups in total. The van der Waals surface area contributed by atoms with Gasteiger partial charge in [0.2, 0.25) is 0 Å². The minimum absolute atomic E-state index is 0.0217. The Morgan fingerprint density at radius 2 is 0.789 bits per heavy atom. The summed E-state index contributed by atoms with van der Waals surface area (Å²) < 4.78 is 24.5. The molecule has 3 rings (SSSR count). The first kappa shape index (κ1) is 66.5. The summed E-state index contributed by atoms with van der Waals surface area (Å²) >= 11 is 0. The van der Waals surface area contributed by atoms with Crippen LogP contribution in [0.4, 0.5) is 0 Å². The molecular formula is C67H109NO8. The van der Waals surface area contributed by atoms with E-state index in [1.165, 1.54) is 89.9 Å². The molecule has 0 saturated carbocycles. The number of aliphatic hydroxyl groups excluding tert-OH is 2. The summed E-state index contributed by atoms with van der Waals surface area (Å²) in [6.45, 7) is 11.5. The monoisotopic (exact) mass is 1060 g/mol. The molecule has 0 aliphatic carbocycles. The molecule has 430 valence electrons. The fraction of sp³-hybridized carbons (Fsp3) is 0.701. The molecule has 0 radical (unpaired) electrons. The third-order valence-corrected chi connectivity index (χ3v) is 15.4. The Kier molecular flexibility index (Phi) is 37.8. The molecule has 0 fully saturated rings. The van der Waals surface area contributed by atoms with Gasteiger partial charge in [0.05, 0.1) is 44.4 Å². The Bertz CT molecular complexity index is 1720. The largest absolute Gasteiger partial charge is 0.497 e. The van der Waals surface area contributed by atoms with Crippen LogP contribution in [0.25, 0.3) is 0 Å². The van der Waals surface area contributed by atoms with Crippen LogP contribution in [0.15, 0.2) is 84.9 Å². The van der Waals surface area contributed by atoms with E-state index in [-0.39, 0.29) is 23.8 Å². The van der Waals surface area contributed by atoms with Gasteiger partial charge >= 0.3 is 11.9 Å². The van der Waals surface area contributed by atoms with Crippen LogP contribution in [0.3, 0.4) is 0 Å². The Morgan fingerprint density at radius 3 is 1.18 bits per heavy atom. The van der Waals surface area contributed by atoms with Gasteiger partial charge in [0, 0.05) is 26.2 Å². The smallest absolute Gasteiger partial charge is 0.308 e. The first-order valence-electron chi connectivity index (χ1n) is 31.0. The van der Waals surface area contributed by atoms with E-state index < -0.39 is 17.8 Å². The third-order valence-electron chi connectivity index (χ3n) is 15.4. The highest BCUT2D eigenvalue weighted by atomic mass is 16.5. The molecule has 3 aromatic carbocycles. The molecule has 0 aliphatic heterocycles. The van der Waals surface area contributed by atoms with E-state index in [4.69, 9.17) is 18.9 Å². The van der Waals surface area contributed by atoms with E-state index in [0.29, 0.717) is 71.6 Å². The van der Waals surface area contributed by atoms with E-state index >= 15 is 0 Å². The lowest BCUT2D eigenvalue weighted by molar-refractivity contribution is -0.150. The molecule has 0 heterocycles. The summed E-state index contributed by atoms with van der Waals surface area (Å²) in [4.78, 5) is 28.8. The number of benzene rings is 3. The maximum atomic E-state index is 13.3. The van der Waals surface area contributed by atoms with Crippen molar-refractivity contribution in [3.05, 3.63) is 102 Å². The number of hydrogen-bond donors (Lipinski definition) is 2. The third kappa shape index (κ3) is 27.7. The van der Waals surface area contributed by atoms with Crippen molar-refractivity contribution < 1.29 is 38.7 Å². The van der Waals surface area contributed by atoms with Crippen LogP contribution in [-0.2, 0) is 29.4 Å². The summed E-state index contributed by atoms with van der Waals surface area (Å²) in [6.07, 6.45) is 31.0. The second kappa shape index (κ2) is 43.2. The molecule has 0 bridgehead atoms. The minimum Gasteiger partial charge on any atom is -0.497 e. The number of hydrogen-bond acceptors (Lipinski definition) is 9. The molecule has 0 aliphatic rings. The molecular weight excluding hydrogens is 947 g/mol. The van der Waals surface area contributed by atoms with Crippen molar-refractivity contribution in [1.82, 2.24) is 4.90 Å². The zero-order valence-corrected chi connectivity index (χ0v) is 48.8. The van der Waals surface area contributed by atoms with Crippen LogP contribution in [0.2, 0.25) is 0 Å². The number of nitrogens with zero attached hydrogens (tertiary/aromatic N) is 1. The first-order chi connectivity index (χ1) is 37.2. The summed E-state index contributed by atoms with van der Waals surface area (Å²) in [7, 11) is 1.67. The number of methoxy groups -OCH3 is 1. The van der Waals surface area contributed by atoms with Crippen molar-refractivity contribution in [2.75, 3.05) is 46.6 Å². The van der Waals surface area contributed by atoms with E-state index in [1.807, 2.05) is 48.5 Å². The van der Waals surface area contributed by atoms with Crippen molar-refractivity contribution in [2.45, 2.75) is 245 Å². The summed E-state index contributed by atoms with van der Waals surface area (Å²) in [5.74, 6) is 0.632. The highest BCUT2D eigenvalue weighted by Gasteiger charge is 2.37. The predicted molar refractivity (Wildman–Crippen MR) is 315 cm³/mol. The van der Waals surface area contributed by atoms with Crippen LogP contribution < -0.4 is 4.74 Å². The minimum atomic E-state index is -0.891. The van der Waals surface area contributed by atoms with Gasteiger partial charge in [-0.2, -0.15) is 0 Å². The second-order valence-corrected chi connectivity index (χ2v) is 21.9. The summed E-state index contributed by atoms with van der Waals surface area (Å²) in [5.41, 5.74) is 2.14. The van der Waals surface area contributed by atoms with Crippen molar-refractivity contribution in [3.8, 4) is 5.75 Å². The van der Waals surface area contributed by atoms with Crippen LogP contribution in [0, 0.1) is 11.8 Å². The maximum Gasteiger partial charge on any atom is 0.308 e. The summed E-state index contributed by atoms with van der Waals surface area (Å²) in [6, 6.07) is 28.8. The highest BCUT2D eigenvalue weighted by Crippen LogP contribution is 2.41. The van der Waals surface area contributed by atoms with Crippen molar-refractivity contribution >= 4 is 11.9 Å². The van der Waals surface area contributed by atoms with Gasteiger partial charge in [0.15, 0.2) is 0 Å². The van der Waals surface area contributed by atoms with E-state index in [9.17, 15) is 19.8 Å². The molecule has 0 saturated heterocycles. The van der Waals surface area contributed by atoms with Gasteiger partial charge in [-0.15, -0.1) is 0 Å². The van der Waals surface area contributed by atoms with Crippen LogP contribution in [0.1, 0.15) is 243 Å². The number of carbonyl (C=O) groups is 2. The second-order valence-electron chi connectivity index (χ2n) is 21.9. The Balaban J connectivity index is 1.64. The van der Waals surface area contributed by atoms with Gasteiger partial charge in [-0.1, -0.05) is 229 Å². The molecule has 0 aromatic heterocycles. The molecule has 9 nitrogen and oxygen atoms in total. The zero-order valence-electron chi connectivity index (χ0n) is 48.8. The van der Waals surface area contributed by atoms with Crippen molar-refractivity contribution in [3.63, 3.8) is 0 Å². The van der Waals surface area contributed by atoms with Crippen LogP contribution >= 0.6 is 0 Å². The van der Waals surface area contributed by atoms with E-state index in [0.717, 1.165) is 99.5 Å². The molecule has 9 heteroatoms. The first-order valence-corrected chi connectivity index (χ1v) is 31.0. The van der Waals surface area contributed by atoms with Gasteiger partial charge in [0.25, 0.3) is 0 Å². The lowest BCUT2D eigenvalue weighted by atomic mass is 9.80. The van der Waals surface area contributed by atoms with Gasteiger partial charge in [-0.25, -0.2) is 0 Å². The molecule has 4 atom stereocenters. The molecule has 4 unspecified atom stereocenters. The predicted octanol–water partition coefficient (Wildman–Crippen LogP) is 16.5. The number of esters is 2. The van der Waals surface area contributed by atoms with Crippen molar-refractivity contribution in [1.29, 1.82) is 0 Å². The van der Waals surface area contributed by atoms with Crippen LogP contribution in [-0.4, -0.2) is 85.8 Å². The van der Waals surface area contributed by atoms with E-state index in [2.05, 4.69) is 69.0 Å². The number of ether oxygens (including phenoxy) is 4. The molecule has 0 amide bonds. The Morgan fingerprint density at radius 1 is 0.434 bits per heavy atom. The topological polar surface area (TPSA) is 115 Å². The van der Waals surface area contributed by atoms with Crippen LogP contribution in [0.5, 0.6) is 5.75 Å². The Hall–Kier alpha value is -3.76. The molecule has 0 spiro atoms. The Labute approximate surface area is 464 Å². The standard InChI is InChI=1S/C67H109NO8/c1-6-10-14-18-20-26-39-57(37-24-16-12-8-3)65(71)74-52-34-32-45-62(69)55-68(56-63(70)46-33-35-53-75-66(72)58(38-25-17-13-9-4)40-27-21-19-15-11-7-2)51-36-54-76-67(59-41-28-22-29-42-59,60-43-30-23-31-44-60)61-47-49-64(73-5)50-48-61/h22-23,28-31,41-44,47-50,57-58,62-63,69-70H,6-21,24-27,32-40,45-46,51-56H2,1-5H3. The number of aliphatic hydroxyl groups is 2. The molecule has 3 aromatic rings. The fourth-order valence-electron chi connectivity index (χ4n) is 10.8. The number of unbranched alkanes of at least 4 members (excludes halogenated alkanes) is 18. The van der Waals surface area contributed by atoms with Crippen molar-refractivity contribution in [2.24, 2.45) is 11.8 Å².